The number of rotatable bonds is 5. The van der Waals surface area contributed by atoms with E-state index in [-0.39, 0.29) is 25.0 Å². The molecule has 1 aliphatic rings. The van der Waals surface area contributed by atoms with E-state index >= 15 is 0 Å². The molecule has 2 amide bonds. The van der Waals surface area contributed by atoms with Crippen LogP contribution in [-0.4, -0.2) is 68.1 Å². The Hall–Kier alpha value is -3.06. The molecule has 0 atom stereocenters. The number of likely N-dealkylation sites (N-methyl/N-ethyl adjacent to an activating group) is 1. The molecule has 1 fully saturated rings. The number of morpholine rings is 1. The smallest absolute Gasteiger partial charge is 0.260 e. The van der Waals surface area contributed by atoms with Gasteiger partial charge in [0.05, 0.1) is 19.8 Å². The third-order valence-corrected chi connectivity index (χ3v) is 4.87. The lowest BCUT2D eigenvalue weighted by atomic mass is 10.1. The van der Waals surface area contributed by atoms with E-state index in [4.69, 9.17) is 13.9 Å². The Kier molecular flexibility index (Phi) is 5.16. The van der Waals surface area contributed by atoms with Gasteiger partial charge in [-0.25, -0.2) is 0 Å². The molecule has 28 heavy (non-hydrogen) atoms. The Morgan fingerprint density at radius 1 is 1.07 bits per heavy atom. The maximum atomic E-state index is 12.3. The molecule has 2 aromatic carbocycles. The normalized spacial score (nSPS) is 14.4. The molecule has 146 valence electrons. The lowest BCUT2D eigenvalue weighted by molar-refractivity contribution is -0.142. The molecule has 2 heterocycles. The van der Waals surface area contributed by atoms with Crippen molar-refractivity contribution in [2.24, 2.45) is 0 Å². The quantitative estimate of drug-likeness (QED) is 0.677. The minimum Gasteiger partial charge on any atom is -0.484 e. The highest BCUT2D eigenvalue weighted by Crippen LogP contribution is 2.31. The van der Waals surface area contributed by atoms with Crippen molar-refractivity contribution in [2.75, 3.05) is 46.5 Å². The zero-order chi connectivity index (χ0) is 19.5. The maximum Gasteiger partial charge on any atom is 0.260 e. The van der Waals surface area contributed by atoms with Crippen molar-refractivity contribution in [3.8, 4) is 5.75 Å². The molecule has 7 heteroatoms. The molecule has 0 spiro atoms. The summed E-state index contributed by atoms with van der Waals surface area (Å²) in [5.74, 6) is 0.254. The van der Waals surface area contributed by atoms with Crippen molar-refractivity contribution in [1.82, 2.24) is 9.80 Å². The van der Waals surface area contributed by atoms with E-state index in [1.54, 1.807) is 18.0 Å². The summed E-state index contributed by atoms with van der Waals surface area (Å²) in [6.07, 6.45) is 0. The lowest BCUT2D eigenvalue weighted by Crippen LogP contribution is -2.46. The Bertz CT molecular complexity index is 1010. The molecule has 0 unspecified atom stereocenters. The molecule has 7 nitrogen and oxygen atoms in total. The van der Waals surface area contributed by atoms with Crippen LogP contribution in [0.5, 0.6) is 5.75 Å². The van der Waals surface area contributed by atoms with Crippen LogP contribution in [0.1, 0.15) is 0 Å². The Morgan fingerprint density at radius 3 is 2.64 bits per heavy atom. The summed E-state index contributed by atoms with van der Waals surface area (Å²) >= 11 is 0. The van der Waals surface area contributed by atoms with Gasteiger partial charge in [-0.3, -0.25) is 9.59 Å². The van der Waals surface area contributed by atoms with Crippen LogP contribution in [0.25, 0.3) is 21.9 Å². The van der Waals surface area contributed by atoms with Gasteiger partial charge < -0.3 is 23.7 Å². The summed E-state index contributed by atoms with van der Waals surface area (Å²) in [4.78, 5) is 27.7. The van der Waals surface area contributed by atoms with Crippen LogP contribution in [0.2, 0.25) is 0 Å². The van der Waals surface area contributed by atoms with Crippen molar-refractivity contribution < 1.29 is 23.5 Å². The summed E-state index contributed by atoms with van der Waals surface area (Å²) < 4.78 is 16.7. The van der Waals surface area contributed by atoms with Crippen LogP contribution < -0.4 is 4.74 Å². The molecule has 1 aromatic heterocycles. The number of furan rings is 1. The van der Waals surface area contributed by atoms with Gasteiger partial charge >= 0.3 is 0 Å². The van der Waals surface area contributed by atoms with E-state index < -0.39 is 0 Å². The Labute approximate surface area is 162 Å². The monoisotopic (exact) mass is 382 g/mol. The van der Waals surface area contributed by atoms with Crippen molar-refractivity contribution in [1.29, 1.82) is 0 Å². The first kappa shape index (κ1) is 18.3. The summed E-state index contributed by atoms with van der Waals surface area (Å²) in [5.41, 5.74) is 1.58. The average molecular weight is 382 g/mol. The van der Waals surface area contributed by atoms with Crippen molar-refractivity contribution in [2.45, 2.75) is 0 Å². The van der Waals surface area contributed by atoms with Gasteiger partial charge in [-0.15, -0.1) is 0 Å². The highest BCUT2D eigenvalue weighted by atomic mass is 16.5. The highest BCUT2D eigenvalue weighted by molar-refractivity contribution is 6.05. The first-order valence-corrected chi connectivity index (χ1v) is 9.25. The number of carbonyl (C=O) groups is 2. The second-order valence-corrected chi connectivity index (χ2v) is 6.79. The standard InChI is InChI=1S/C21H22N2O5/c1-22(13-20(24)23-8-10-26-11-9-23)21(25)14-27-15-6-7-19-17(12-15)16-4-2-3-5-18(16)28-19/h2-7,12H,8-11,13-14H2,1H3. The second-order valence-electron chi connectivity index (χ2n) is 6.79. The summed E-state index contributed by atoms with van der Waals surface area (Å²) in [7, 11) is 1.61. The highest BCUT2D eigenvalue weighted by Gasteiger charge is 2.20. The number of hydrogen-bond acceptors (Lipinski definition) is 5. The summed E-state index contributed by atoms with van der Waals surface area (Å²) in [6.45, 7) is 2.11. The number of para-hydroxylation sites is 1. The van der Waals surface area contributed by atoms with Crippen LogP contribution in [-0.2, 0) is 14.3 Å². The van der Waals surface area contributed by atoms with E-state index in [1.807, 2.05) is 36.4 Å². The SMILES string of the molecule is CN(CC(=O)N1CCOCC1)C(=O)COc1ccc2oc3ccccc3c2c1. The molecule has 3 aromatic rings. The fourth-order valence-electron chi connectivity index (χ4n) is 3.25. The fraction of sp³-hybridized carbons (Fsp3) is 0.333. The van der Waals surface area contributed by atoms with Crippen molar-refractivity contribution in [3.63, 3.8) is 0 Å². The minimum absolute atomic E-state index is 0.0353. The molecule has 4 rings (SSSR count). The lowest BCUT2D eigenvalue weighted by Gasteiger charge is -2.28. The van der Waals surface area contributed by atoms with Gasteiger partial charge in [0.2, 0.25) is 5.91 Å². The Morgan fingerprint density at radius 2 is 1.82 bits per heavy atom. The van der Waals surface area contributed by atoms with Crippen LogP contribution in [0.15, 0.2) is 46.9 Å². The molecule has 0 saturated carbocycles. The van der Waals surface area contributed by atoms with Gasteiger partial charge in [0, 0.05) is 30.9 Å². The number of hydrogen-bond donors (Lipinski definition) is 0. The topological polar surface area (TPSA) is 72.2 Å². The number of benzene rings is 2. The number of carbonyl (C=O) groups excluding carboxylic acids is 2. The molecular weight excluding hydrogens is 360 g/mol. The molecule has 0 bridgehead atoms. The molecule has 1 aliphatic heterocycles. The van der Waals surface area contributed by atoms with E-state index in [0.29, 0.717) is 32.1 Å². The minimum atomic E-state index is -0.251. The third kappa shape index (κ3) is 3.80. The first-order chi connectivity index (χ1) is 13.6. The predicted molar refractivity (Wildman–Crippen MR) is 104 cm³/mol. The van der Waals surface area contributed by atoms with Gasteiger partial charge in [-0.1, -0.05) is 18.2 Å². The average Bonchev–Trinajstić information content (AvgIpc) is 3.10. The molecule has 0 N–H and O–H groups in total. The van der Waals surface area contributed by atoms with Crippen molar-refractivity contribution >= 4 is 33.8 Å². The van der Waals surface area contributed by atoms with E-state index in [1.165, 1.54) is 4.90 Å². The van der Waals surface area contributed by atoms with E-state index in [2.05, 4.69) is 0 Å². The van der Waals surface area contributed by atoms with Gasteiger partial charge in [-0.2, -0.15) is 0 Å². The van der Waals surface area contributed by atoms with Gasteiger partial charge in [-0.05, 0) is 24.3 Å². The van der Waals surface area contributed by atoms with Crippen LogP contribution in [0.3, 0.4) is 0 Å². The number of nitrogens with zero attached hydrogens (tertiary/aromatic N) is 2. The second kappa shape index (κ2) is 7.90. The van der Waals surface area contributed by atoms with Gasteiger partial charge in [0.15, 0.2) is 6.61 Å². The Balaban J connectivity index is 1.37. The molecule has 0 aliphatic carbocycles. The van der Waals surface area contributed by atoms with Crippen LogP contribution in [0, 0.1) is 0 Å². The van der Waals surface area contributed by atoms with E-state index in [9.17, 15) is 9.59 Å². The van der Waals surface area contributed by atoms with Crippen molar-refractivity contribution in [3.05, 3.63) is 42.5 Å². The zero-order valence-electron chi connectivity index (χ0n) is 15.7. The zero-order valence-corrected chi connectivity index (χ0v) is 15.7. The largest absolute Gasteiger partial charge is 0.484 e. The third-order valence-electron chi connectivity index (χ3n) is 4.87. The maximum absolute atomic E-state index is 12.3. The molecule has 1 saturated heterocycles. The molecule has 0 radical (unpaired) electrons. The number of fused-ring (bicyclic) bond motifs is 3. The molecular formula is C21H22N2O5. The predicted octanol–water partition coefficient (Wildman–Crippen LogP) is 2.28. The summed E-state index contributed by atoms with van der Waals surface area (Å²) in [6, 6.07) is 13.3. The number of ether oxygens (including phenoxy) is 2. The first-order valence-electron chi connectivity index (χ1n) is 9.25. The fourth-order valence-corrected chi connectivity index (χ4v) is 3.25. The number of amides is 2. The summed E-state index contributed by atoms with van der Waals surface area (Å²) in [5, 5.41) is 1.94. The van der Waals surface area contributed by atoms with Crippen LogP contribution >= 0.6 is 0 Å². The van der Waals surface area contributed by atoms with Gasteiger partial charge in [0.25, 0.3) is 5.91 Å². The van der Waals surface area contributed by atoms with E-state index in [0.717, 1.165) is 21.9 Å². The van der Waals surface area contributed by atoms with Gasteiger partial charge in [0.1, 0.15) is 16.9 Å². The van der Waals surface area contributed by atoms with Crippen LogP contribution in [0.4, 0.5) is 0 Å².